The molecule has 0 aliphatic carbocycles. The predicted molar refractivity (Wildman–Crippen MR) is 103 cm³/mol. The number of likely N-dealkylation sites (tertiary alicyclic amines) is 1. The number of hydrogen-bond acceptors (Lipinski definition) is 3. The lowest BCUT2D eigenvalue weighted by Gasteiger charge is -2.38. The number of aliphatic hydroxyl groups is 1. The zero-order valence-corrected chi connectivity index (χ0v) is 15.2. The summed E-state index contributed by atoms with van der Waals surface area (Å²) in [5.41, 5.74) is 3.68. The number of rotatable bonds is 3. The van der Waals surface area contributed by atoms with Crippen LogP contribution in [0.1, 0.15) is 24.0 Å². The van der Waals surface area contributed by atoms with E-state index in [2.05, 4.69) is 10.2 Å². The molecular weight excluding hydrogens is 345 g/mol. The Morgan fingerprint density at radius 3 is 2.74 bits per heavy atom. The van der Waals surface area contributed by atoms with Gasteiger partial charge in [0, 0.05) is 37.1 Å². The molecule has 0 radical (unpaired) electrons. The number of anilines is 2. The van der Waals surface area contributed by atoms with E-state index >= 15 is 0 Å². The Balaban J connectivity index is 1.35. The zero-order chi connectivity index (χ0) is 18.8. The minimum absolute atomic E-state index is 0.0486. The molecule has 2 aliphatic heterocycles. The number of nitrogens with zero attached hydrogens (tertiary/aromatic N) is 2. The van der Waals surface area contributed by atoms with Gasteiger partial charge >= 0.3 is 6.03 Å². The van der Waals surface area contributed by atoms with E-state index in [4.69, 9.17) is 0 Å². The number of fused-ring (bicyclic) bond motifs is 1. The number of halogens is 1. The molecule has 2 aromatic rings. The maximum atomic E-state index is 13.6. The quantitative estimate of drug-likeness (QED) is 0.872. The second-order valence-corrected chi connectivity index (χ2v) is 7.22. The van der Waals surface area contributed by atoms with Crippen molar-refractivity contribution in [2.24, 2.45) is 0 Å². The van der Waals surface area contributed by atoms with Gasteiger partial charge in [-0.3, -0.25) is 0 Å². The van der Waals surface area contributed by atoms with E-state index in [1.54, 1.807) is 12.1 Å². The van der Waals surface area contributed by atoms with Gasteiger partial charge in [0.2, 0.25) is 0 Å². The van der Waals surface area contributed by atoms with Gasteiger partial charge in [0.15, 0.2) is 0 Å². The first-order chi connectivity index (χ1) is 13.1. The standard InChI is InChI=1S/C21H24FN3O2/c22-17-5-4-16-6-11-25(20(16)13-17)19-7-9-24(10-8-19)21(27)23-18-3-1-2-15(12-18)14-26/h1-5,12-13,19,26H,6-11,14H2,(H,23,27). The number of carbonyl (C=O) groups excluding carboxylic acids is 1. The predicted octanol–water partition coefficient (Wildman–Crippen LogP) is 3.38. The number of carbonyl (C=O) groups is 1. The van der Waals surface area contributed by atoms with Gasteiger partial charge in [0.05, 0.1) is 6.61 Å². The van der Waals surface area contributed by atoms with Crippen molar-refractivity contribution in [3.8, 4) is 0 Å². The average molecular weight is 369 g/mol. The van der Waals surface area contributed by atoms with Crippen LogP contribution in [0.25, 0.3) is 0 Å². The van der Waals surface area contributed by atoms with Crippen LogP contribution in [-0.4, -0.2) is 41.7 Å². The lowest BCUT2D eigenvalue weighted by molar-refractivity contribution is 0.193. The molecule has 0 spiro atoms. The van der Waals surface area contributed by atoms with Crippen LogP contribution in [0.3, 0.4) is 0 Å². The van der Waals surface area contributed by atoms with Gasteiger partial charge in [-0.1, -0.05) is 18.2 Å². The normalized spacial score (nSPS) is 17.1. The van der Waals surface area contributed by atoms with Gasteiger partial charge in [0.1, 0.15) is 5.82 Å². The van der Waals surface area contributed by atoms with Crippen molar-refractivity contribution in [1.82, 2.24) is 4.90 Å². The molecule has 1 saturated heterocycles. The van der Waals surface area contributed by atoms with E-state index < -0.39 is 0 Å². The number of piperidine rings is 1. The maximum Gasteiger partial charge on any atom is 0.321 e. The third-order valence-corrected chi connectivity index (χ3v) is 5.53. The number of nitrogens with one attached hydrogen (secondary N) is 1. The van der Waals surface area contributed by atoms with Crippen molar-refractivity contribution in [1.29, 1.82) is 0 Å². The summed E-state index contributed by atoms with van der Waals surface area (Å²) in [6, 6.07) is 12.5. The van der Waals surface area contributed by atoms with Gasteiger partial charge in [-0.25, -0.2) is 9.18 Å². The van der Waals surface area contributed by atoms with E-state index in [1.165, 1.54) is 11.6 Å². The molecule has 2 aliphatic rings. The molecular formula is C21H24FN3O2. The summed E-state index contributed by atoms with van der Waals surface area (Å²) in [5, 5.41) is 12.1. The molecule has 2 amide bonds. The molecule has 27 heavy (non-hydrogen) atoms. The van der Waals surface area contributed by atoms with Crippen molar-refractivity contribution in [3.05, 3.63) is 59.4 Å². The lowest BCUT2D eigenvalue weighted by Crippen LogP contribution is -2.47. The second kappa shape index (κ2) is 7.56. The Labute approximate surface area is 158 Å². The molecule has 5 nitrogen and oxygen atoms in total. The number of aliphatic hydroxyl groups excluding tert-OH is 1. The first kappa shape index (κ1) is 17.8. The number of urea groups is 1. The van der Waals surface area contributed by atoms with E-state index in [9.17, 15) is 14.3 Å². The third kappa shape index (κ3) is 3.76. The molecule has 6 heteroatoms. The van der Waals surface area contributed by atoms with Crippen LogP contribution in [0.15, 0.2) is 42.5 Å². The highest BCUT2D eigenvalue weighted by atomic mass is 19.1. The van der Waals surface area contributed by atoms with E-state index in [0.29, 0.717) is 24.8 Å². The van der Waals surface area contributed by atoms with Gasteiger partial charge in [-0.15, -0.1) is 0 Å². The molecule has 1 fully saturated rings. The van der Waals surface area contributed by atoms with Crippen LogP contribution >= 0.6 is 0 Å². The highest BCUT2D eigenvalue weighted by molar-refractivity contribution is 5.89. The molecule has 0 aromatic heterocycles. The molecule has 142 valence electrons. The summed E-state index contributed by atoms with van der Waals surface area (Å²) in [7, 11) is 0. The van der Waals surface area contributed by atoms with Gasteiger partial charge in [0.25, 0.3) is 0 Å². The van der Waals surface area contributed by atoms with Crippen molar-refractivity contribution in [2.75, 3.05) is 29.9 Å². The number of hydrogen-bond donors (Lipinski definition) is 2. The zero-order valence-electron chi connectivity index (χ0n) is 15.2. The Hall–Kier alpha value is -2.60. The third-order valence-electron chi connectivity index (χ3n) is 5.53. The summed E-state index contributed by atoms with van der Waals surface area (Å²) >= 11 is 0. The summed E-state index contributed by atoms with van der Waals surface area (Å²) in [5.74, 6) is -0.192. The highest BCUT2D eigenvalue weighted by Gasteiger charge is 2.30. The van der Waals surface area contributed by atoms with Gasteiger partial charge in [-0.05, 0) is 54.7 Å². The Bertz CT molecular complexity index is 834. The number of amides is 2. The number of benzene rings is 2. The smallest absolute Gasteiger partial charge is 0.321 e. The topological polar surface area (TPSA) is 55.8 Å². The van der Waals surface area contributed by atoms with Crippen LogP contribution in [0.2, 0.25) is 0 Å². The van der Waals surface area contributed by atoms with Crippen molar-refractivity contribution >= 4 is 17.4 Å². The largest absolute Gasteiger partial charge is 0.392 e. The molecule has 0 bridgehead atoms. The molecule has 2 heterocycles. The first-order valence-corrected chi connectivity index (χ1v) is 9.45. The summed E-state index contributed by atoms with van der Waals surface area (Å²) in [4.78, 5) is 16.7. The fourth-order valence-corrected chi connectivity index (χ4v) is 4.09. The molecule has 2 N–H and O–H groups in total. The fraction of sp³-hybridized carbons (Fsp3) is 0.381. The van der Waals surface area contributed by atoms with Crippen LogP contribution in [0.5, 0.6) is 0 Å². The van der Waals surface area contributed by atoms with Gasteiger partial charge in [-0.2, -0.15) is 0 Å². The maximum absolute atomic E-state index is 13.6. The molecule has 4 rings (SSSR count). The van der Waals surface area contributed by atoms with Crippen LogP contribution in [0, 0.1) is 5.82 Å². The first-order valence-electron chi connectivity index (χ1n) is 9.45. The van der Waals surface area contributed by atoms with E-state index in [-0.39, 0.29) is 18.5 Å². The minimum atomic E-state index is -0.192. The average Bonchev–Trinajstić information content (AvgIpc) is 3.11. The second-order valence-electron chi connectivity index (χ2n) is 7.22. The monoisotopic (exact) mass is 369 g/mol. The molecule has 2 aromatic carbocycles. The minimum Gasteiger partial charge on any atom is -0.392 e. The van der Waals surface area contributed by atoms with Crippen LogP contribution in [0.4, 0.5) is 20.6 Å². The SMILES string of the molecule is O=C(Nc1cccc(CO)c1)N1CCC(N2CCc3ccc(F)cc32)CC1. The van der Waals surface area contributed by atoms with Gasteiger partial charge < -0.3 is 20.2 Å². The molecule has 0 unspecified atom stereocenters. The fourth-order valence-electron chi connectivity index (χ4n) is 4.09. The molecule has 0 atom stereocenters. The molecule has 0 saturated carbocycles. The summed E-state index contributed by atoms with van der Waals surface area (Å²) < 4.78 is 13.6. The highest BCUT2D eigenvalue weighted by Crippen LogP contribution is 2.33. The lowest BCUT2D eigenvalue weighted by atomic mass is 10.0. The van der Waals surface area contributed by atoms with Crippen molar-refractivity contribution in [3.63, 3.8) is 0 Å². The van der Waals surface area contributed by atoms with E-state index in [0.717, 1.165) is 37.1 Å². The van der Waals surface area contributed by atoms with E-state index in [1.807, 2.05) is 29.2 Å². The van der Waals surface area contributed by atoms with Crippen molar-refractivity contribution in [2.45, 2.75) is 31.9 Å². The Morgan fingerprint density at radius 2 is 1.96 bits per heavy atom. The van der Waals surface area contributed by atoms with Crippen LogP contribution < -0.4 is 10.2 Å². The van der Waals surface area contributed by atoms with Crippen molar-refractivity contribution < 1.29 is 14.3 Å². The summed E-state index contributed by atoms with van der Waals surface area (Å²) in [6.45, 7) is 2.23. The van der Waals surface area contributed by atoms with Crippen LogP contribution in [-0.2, 0) is 13.0 Å². The summed E-state index contributed by atoms with van der Waals surface area (Å²) in [6.07, 6.45) is 2.71. The Morgan fingerprint density at radius 1 is 1.15 bits per heavy atom. The Kier molecular flexibility index (Phi) is 4.99.